The molecular formula is C20H11F6N3O. The van der Waals surface area contributed by atoms with Gasteiger partial charge in [0, 0.05) is 11.6 Å². The van der Waals surface area contributed by atoms with Crippen LogP contribution in [-0.4, -0.2) is 15.5 Å². The predicted octanol–water partition coefficient (Wildman–Crippen LogP) is 5.11. The van der Waals surface area contributed by atoms with Crippen molar-refractivity contribution in [2.24, 2.45) is 0 Å². The summed E-state index contributed by atoms with van der Waals surface area (Å²) < 4.78 is 79.0. The number of hydrogen-bond donors (Lipinski definition) is 1. The smallest absolute Gasteiger partial charge is 0.321 e. The van der Waals surface area contributed by atoms with Gasteiger partial charge < -0.3 is 5.32 Å². The van der Waals surface area contributed by atoms with E-state index in [1.165, 1.54) is 6.07 Å². The van der Waals surface area contributed by atoms with Crippen molar-refractivity contribution in [2.75, 3.05) is 5.32 Å². The molecule has 0 radical (unpaired) electrons. The minimum Gasteiger partial charge on any atom is -0.321 e. The summed E-state index contributed by atoms with van der Waals surface area (Å²) in [5, 5.41) is 2.56. The number of benzene rings is 1. The Kier molecular flexibility index (Phi) is 5.56. The van der Waals surface area contributed by atoms with E-state index in [1.807, 2.05) is 0 Å². The third-order valence-electron chi connectivity index (χ3n) is 3.96. The van der Waals surface area contributed by atoms with E-state index in [2.05, 4.69) is 28.7 Å². The van der Waals surface area contributed by atoms with E-state index in [1.54, 1.807) is 0 Å². The summed E-state index contributed by atoms with van der Waals surface area (Å²) in [5.74, 6) is 3.06. The van der Waals surface area contributed by atoms with Crippen LogP contribution in [0.4, 0.5) is 32.0 Å². The molecule has 2 heterocycles. The van der Waals surface area contributed by atoms with Gasteiger partial charge in [0.1, 0.15) is 11.5 Å². The lowest BCUT2D eigenvalue weighted by Crippen LogP contribution is -2.07. The van der Waals surface area contributed by atoms with Gasteiger partial charge in [0.05, 0.1) is 28.6 Å². The van der Waals surface area contributed by atoms with Gasteiger partial charge >= 0.3 is 12.7 Å². The fraction of sp³-hybridized carbons (Fsp3) is 0.100. The SMILES string of the molecule is C=CC(=O)Nc1cnc2c(c1)c(C#Cc1ccc(C(F)(F)F)cc1F)cn2C(F)F. The van der Waals surface area contributed by atoms with Crippen LogP contribution in [-0.2, 0) is 11.0 Å². The molecule has 0 spiro atoms. The number of hydrogen-bond acceptors (Lipinski definition) is 2. The summed E-state index contributed by atoms with van der Waals surface area (Å²) in [6.07, 6.45) is -1.57. The van der Waals surface area contributed by atoms with Crippen LogP contribution in [0.2, 0.25) is 0 Å². The molecule has 3 aromatic rings. The van der Waals surface area contributed by atoms with Crippen LogP contribution < -0.4 is 5.32 Å². The van der Waals surface area contributed by atoms with E-state index in [9.17, 15) is 31.1 Å². The Labute approximate surface area is 165 Å². The normalized spacial score (nSPS) is 11.3. The van der Waals surface area contributed by atoms with Crippen LogP contribution in [0.25, 0.3) is 11.0 Å². The zero-order chi connectivity index (χ0) is 22.1. The summed E-state index contributed by atoms with van der Waals surface area (Å²) in [4.78, 5) is 15.3. The van der Waals surface area contributed by atoms with Crippen molar-refractivity contribution in [1.82, 2.24) is 9.55 Å². The third kappa shape index (κ3) is 4.30. The molecule has 0 saturated heterocycles. The first-order valence-corrected chi connectivity index (χ1v) is 8.21. The lowest BCUT2D eigenvalue weighted by molar-refractivity contribution is -0.137. The average Bonchev–Trinajstić information content (AvgIpc) is 3.04. The Hall–Kier alpha value is -3.74. The van der Waals surface area contributed by atoms with Gasteiger partial charge in [-0.1, -0.05) is 18.4 Å². The number of carbonyl (C=O) groups excluding carboxylic acids is 1. The summed E-state index contributed by atoms with van der Waals surface area (Å²) in [6.45, 7) is 0.341. The van der Waals surface area contributed by atoms with E-state index in [-0.39, 0.29) is 27.8 Å². The molecule has 4 nitrogen and oxygen atoms in total. The van der Waals surface area contributed by atoms with Gasteiger partial charge in [-0.15, -0.1) is 0 Å². The monoisotopic (exact) mass is 423 g/mol. The number of anilines is 1. The molecule has 0 bridgehead atoms. The average molecular weight is 423 g/mol. The van der Waals surface area contributed by atoms with Crippen molar-refractivity contribution in [2.45, 2.75) is 12.7 Å². The molecule has 30 heavy (non-hydrogen) atoms. The van der Waals surface area contributed by atoms with Gasteiger partial charge in [-0.3, -0.25) is 9.36 Å². The molecule has 10 heteroatoms. The summed E-state index contributed by atoms with van der Waals surface area (Å²) in [5.41, 5.74) is -1.45. The fourth-order valence-corrected chi connectivity index (χ4v) is 2.57. The van der Waals surface area contributed by atoms with Gasteiger partial charge in [-0.05, 0) is 30.3 Å². The first kappa shape index (κ1) is 21.0. The Morgan fingerprint density at radius 2 is 1.90 bits per heavy atom. The van der Waals surface area contributed by atoms with E-state index in [0.717, 1.165) is 24.5 Å². The summed E-state index contributed by atoms with van der Waals surface area (Å²) in [7, 11) is 0. The van der Waals surface area contributed by atoms with E-state index in [0.29, 0.717) is 16.7 Å². The van der Waals surface area contributed by atoms with Crippen molar-refractivity contribution < 1.29 is 31.1 Å². The highest BCUT2D eigenvalue weighted by atomic mass is 19.4. The summed E-state index contributed by atoms with van der Waals surface area (Å²) >= 11 is 0. The fourth-order valence-electron chi connectivity index (χ4n) is 2.57. The van der Waals surface area contributed by atoms with Crippen molar-refractivity contribution in [1.29, 1.82) is 0 Å². The number of pyridine rings is 1. The van der Waals surface area contributed by atoms with Crippen LogP contribution >= 0.6 is 0 Å². The van der Waals surface area contributed by atoms with E-state index in [4.69, 9.17) is 0 Å². The van der Waals surface area contributed by atoms with Crippen LogP contribution in [0.5, 0.6) is 0 Å². The number of halogens is 6. The van der Waals surface area contributed by atoms with Crippen LogP contribution in [0.15, 0.2) is 49.3 Å². The molecular weight excluding hydrogens is 412 g/mol. The Balaban J connectivity index is 2.07. The van der Waals surface area contributed by atoms with E-state index >= 15 is 0 Å². The maximum Gasteiger partial charge on any atom is 0.416 e. The number of nitrogens with one attached hydrogen (secondary N) is 1. The second-order valence-electron chi connectivity index (χ2n) is 5.96. The number of amides is 1. The highest BCUT2D eigenvalue weighted by Gasteiger charge is 2.31. The summed E-state index contributed by atoms with van der Waals surface area (Å²) in [6, 6.07) is 3.16. The van der Waals surface area contributed by atoms with Crippen molar-refractivity contribution >= 4 is 22.6 Å². The van der Waals surface area contributed by atoms with Gasteiger partial charge in [0.25, 0.3) is 0 Å². The molecule has 1 aromatic carbocycles. The third-order valence-corrected chi connectivity index (χ3v) is 3.96. The molecule has 1 amide bonds. The number of alkyl halides is 5. The molecule has 0 unspecified atom stereocenters. The van der Waals surface area contributed by atoms with Crippen molar-refractivity contribution in [3.8, 4) is 11.8 Å². The second-order valence-corrected chi connectivity index (χ2v) is 5.96. The quantitative estimate of drug-likeness (QED) is 0.362. The number of carbonyl (C=O) groups is 1. The number of aromatic nitrogens is 2. The Morgan fingerprint density at radius 3 is 2.50 bits per heavy atom. The van der Waals surface area contributed by atoms with Gasteiger partial charge in [-0.2, -0.15) is 22.0 Å². The highest BCUT2D eigenvalue weighted by molar-refractivity contribution is 6.00. The standard InChI is InChI=1S/C20H11F6N3O/c1-2-17(30)28-14-8-15-12(10-29(19(22)23)18(15)27-9-14)4-3-11-5-6-13(7-16(11)21)20(24,25)26/h2,5-10,19H,1H2,(H,28,30). The second kappa shape index (κ2) is 7.94. The number of fused-ring (bicyclic) bond motifs is 1. The predicted molar refractivity (Wildman–Crippen MR) is 97.2 cm³/mol. The van der Waals surface area contributed by atoms with Crippen LogP contribution in [0.3, 0.4) is 0 Å². The molecule has 2 aromatic heterocycles. The molecule has 0 aliphatic carbocycles. The van der Waals surface area contributed by atoms with E-state index < -0.39 is 30.0 Å². The number of rotatable bonds is 3. The Bertz CT molecular complexity index is 1200. The molecule has 3 rings (SSSR count). The number of nitrogens with zero attached hydrogens (tertiary/aromatic N) is 2. The first-order valence-electron chi connectivity index (χ1n) is 8.21. The van der Waals surface area contributed by atoms with Gasteiger partial charge in [0.15, 0.2) is 0 Å². The maximum atomic E-state index is 14.0. The molecule has 1 N–H and O–H groups in total. The minimum atomic E-state index is -4.71. The first-order chi connectivity index (χ1) is 14.1. The zero-order valence-electron chi connectivity index (χ0n) is 14.9. The van der Waals surface area contributed by atoms with Crippen LogP contribution in [0, 0.1) is 17.7 Å². The van der Waals surface area contributed by atoms with Crippen molar-refractivity contribution in [3.63, 3.8) is 0 Å². The maximum absolute atomic E-state index is 14.0. The largest absolute Gasteiger partial charge is 0.416 e. The van der Waals surface area contributed by atoms with Crippen LogP contribution in [0.1, 0.15) is 23.2 Å². The molecule has 0 aliphatic rings. The molecule has 0 aliphatic heterocycles. The molecule has 0 saturated carbocycles. The molecule has 0 atom stereocenters. The zero-order valence-corrected chi connectivity index (χ0v) is 14.9. The molecule has 0 fully saturated rings. The minimum absolute atomic E-state index is 0.0202. The van der Waals surface area contributed by atoms with Gasteiger partial charge in [-0.25, -0.2) is 9.37 Å². The highest BCUT2D eigenvalue weighted by Crippen LogP contribution is 2.30. The lowest BCUT2D eigenvalue weighted by atomic mass is 10.1. The van der Waals surface area contributed by atoms with Crippen molar-refractivity contribution in [3.05, 3.63) is 71.8 Å². The topological polar surface area (TPSA) is 46.9 Å². The lowest BCUT2D eigenvalue weighted by Gasteiger charge is -2.06. The van der Waals surface area contributed by atoms with Gasteiger partial charge in [0.2, 0.25) is 5.91 Å². The molecule has 154 valence electrons. The Morgan fingerprint density at radius 1 is 1.20 bits per heavy atom.